The highest BCUT2D eigenvalue weighted by atomic mass is 16.5. The van der Waals surface area contributed by atoms with Crippen molar-refractivity contribution < 1.29 is 23.9 Å². The molecular formula is C22H25N3O5. The van der Waals surface area contributed by atoms with E-state index >= 15 is 0 Å². The zero-order valence-corrected chi connectivity index (χ0v) is 16.8. The van der Waals surface area contributed by atoms with Crippen LogP contribution in [0.5, 0.6) is 11.5 Å². The van der Waals surface area contributed by atoms with Crippen molar-refractivity contribution in [1.29, 1.82) is 0 Å². The van der Waals surface area contributed by atoms with Gasteiger partial charge < -0.3 is 25.4 Å². The van der Waals surface area contributed by atoms with Crippen LogP contribution >= 0.6 is 0 Å². The molecule has 1 aliphatic carbocycles. The summed E-state index contributed by atoms with van der Waals surface area (Å²) >= 11 is 0. The quantitative estimate of drug-likeness (QED) is 0.519. The van der Waals surface area contributed by atoms with Crippen LogP contribution in [0.1, 0.15) is 23.2 Å². The minimum Gasteiger partial charge on any atom is -0.497 e. The van der Waals surface area contributed by atoms with Gasteiger partial charge >= 0.3 is 0 Å². The molecule has 0 atom stereocenters. The second kappa shape index (κ2) is 10.3. The van der Waals surface area contributed by atoms with Gasteiger partial charge in [-0.2, -0.15) is 0 Å². The first-order valence-corrected chi connectivity index (χ1v) is 9.78. The molecule has 0 saturated heterocycles. The van der Waals surface area contributed by atoms with Gasteiger partial charge in [-0.15, -0.1) is 0 Å². The second-order valence-corrected chi connectivity index (χ2v) is 6.91. The topological polar surface area (TPSA) is 106 Å². The van der Waals surface area contributed by atoms with Crippen LogP contribution in [-0.4, -0.2) is 44.5 Å². The van der Waals surface area contributed by atoms with E-state index in [4.69, 9.17) is 9.47 Å². The monoisotopic (exact) mass is 411 g/mol. The first kappa shape index (κ1) is 21.2. The molecule has 1 aliphatic rings. The molecule has 1 saturated carbocycles. The van der Waals surface area contributed by atoms with E-state index < -0.39 is 0 Å². The van der Waals surface area contributed by atoms with Crippen LogP contribution in [0.2, 0.25) is 0 Å². The first-order valence-electron chi connectivity index (χ1n) is 9.78. The van der Waals surface area contributed by atoms with Gasteiger partial charge in [0.05, 0.1) is 7.11 Å². The molecule has 0 radical (unpaired) electrons. The molecule has 0 heterocycles. The maximum Gasteiger partial charge on any atom is 0.262 e. The fourth-order valence-electron chi connectivity index (χ4n) is 2.70. The molecule has 1 fully saturated rings. The van der Waals surface area contributed by atoms with Gasteiger partial charge in [0.25, 0.3) is 11.8 Å². The van der Waals surface area contributed by atoms with Crippen LogP contribution in [0.3, 0.4) is 0 Å². The van der Waals surface area contributed by atoms with Gasteiger partial charge in [0.15, 0.2) is 6.61 Å². The van der Waals surface area contributed by atoms with Crippen LogP contribution in [0, 0.1) is 5.92 Å². The number of carbonyl (C=O) groups excluding carboxylic acids is 3. The molecule has 8 nitrogen and oxygen atoms in total. The summed E-state index contributed by atoms with van der Waals surface area (Å²) in [7, 11) is 1.56. The number of methoxy groups -OCH3 is 1. The van der Waals surface area contributed by atoms with Crippen LogP contribution in [-0.2, 0) is 9.59 Å². The van der Waals surface area contributed by atoms with Crippen molar-refractivity contribution in [1.82, 2.24) is 10.6 Å². The SMILES string of the molecule is COc1cccc(OCC(=O)Nc2ccc(C(=O)NCCNC(=O)C3CC3)cc2)c1. The van der Waals surface area contributed by atoms with E-state index in [0.717, 1.165) is 12.8 Å². The van der Waals surface area contributed by atoms with Gasteiger partial charge in [0.1, 0.15) is 11.5 Å². The summed E-state index contributed by atoms with van der Waals surface area (Å²) in [5.41, 5.74) is 1.02. The lowest BCUT2D eigenvalue weighted by Gasteiger charge is -2.10. The van der Waals surface area contributed by atoms with Crippen molar-refractivity contribution in [2.24, 2.45) is 5.92 Å². The number of hydrogen-bond acceptors (Lipinski definition) is 5. The Balaban J connectivity index is 1.39. The zero-order valence-electron chi connectivity index (χ0n) is 16.8. The Bertz CT molecular complexity index is 894. The third kappa shape index (κ3) is 6.51. The Morgan fingerprint density at radius 1 is 0.967 bits per heavy atom. The highest BCUT2D eigenvalue weighted by molar-refractivity contribution is 5.96. The number of amides is 3. The second-order valence-electron chi connectivity index (χ2n) is 6.91. The molecular weight excluding hydrogens is 386 g/mol. The molecule has 3 amide bonds. The minimum absolute atomic E-state index is 0.0553. The first-order chi connectivity index (χ1) is 14.5. The lowest BCUT2D eigenvalue weighted by Crippen LogP contribution is -2.35. The van der Waals surface area contributed by atoms with Gasteiger partial charge in [-0.05, 0) is 49.2 Å². The lowest BCUT2D eigenvalue weighted by molar-refractivity contribution is -0.122. The van der Waals surface area contributed by atoms with E-state index in [1.54, 1.807) is 55.6 Å². The summed E-state index contributed by atoms with van der Waals surface area (Å²) in [6.07, 6.45) is 1.91. The number of benzene rings is 2. The molecule has 2 aromatic carbocycles. The molecule has 0 aliphatic heterocycles. The standard InChI is InChI=1S/C22H25N3O5/c1-29-18-3-2-4-19(13-18)30-14-20(26)25-17-9-7-16(8-10-17)22(28)24-12-11-23-21(27)15-5-6-15/h2-4,7-10,13,15H,5-6,11-12,14H2,1H3,(H,23,27)(H,24,28)(H,25,26). The van der Waals surface area contributed by atoms with E-state index in [9.17, 15) is 14.4 Å². The molecule has 0 unspecified atom stereocenters. The molecule has 30 heavy (non-hydrogen) atoms. The van der Waals surface area contributed by atoms with Gasteiger partial charge in [-0.25, -0.2) is 0 Å². The average Bonchev–Trinajstić information content (AvgIpc) is 3.61. The van der Waals surface area contributed by atoms with Crippen LogP contribution in [0.4, 0.5) is 5.69 Å². The van der Waals surface area contributed by atoms with Gasteiger partial charge in [-0.1, -0.05) is 6.07 Å². The minimum atomic E-state index is -0.318. The van der Waals surface area contributed by atoms with Crippen molar-refractivity contribution in [3.8, 4) is 11.5 Å². The lowest BCUT2D eigenvalue weighted by atomic mass is 10.2. The molecule has 3 N–H and O–H groups in total. The number of carbonyl (C=O) groups is 3. The Hall–Kier alpha value is -3.55. The third-order valence-corrected chi connectivity index (χ3v) is 4.50. The normalized spacial score (nSPS) is 12.6. The Kier molecular flexibility index (Phi) is 7.26. The fraction of sp³-hybridized carbons (Fsp3) is 0.318. The smallest absolute Gasteiger partial charge is 0.262 e. The van der Waals surface area contributed by atoms with Crippen molar-refractivity contribution in [2.45, 2.75) is 12.8 Å². The fourth-order valence-corrected chi connectivity index (χ4v) is 2.70. The van der Waals surface area contributed by atoms with E-state index in [-0.39, 0.29) is 30.2 Å². The predicted octanol–water partition coefficient (Wildman–Crippen LogP) is 1.97. The Labute approximate surface area is 174 Å². The highest BCUT2D eigenvalue weighted by Crippen LogP contribution is 2.28. The van der Waals surface area contributed by atoms with Crippen molar-refractivity contribution in [3.63, 3.8) is 0 Å². The Morgan fingerprint density at radius 2 is 1.67 bits per heavy atom. The van der Waals surface area contributed by atoms with E-state index in [2.05, 4.69) is 16.0 Å². The largest absolute Gasteiger partial charge is 0.497 e. The molecule has 8 heteroatoms. The Morgan fingerprint density at radius 3 is 2.37 bits per heavy atom. The van der Waals surface area contributed by atoms with Crippen LogP contribution in [0.15, 0.2) is 48.5 Å². The number of nitrogens with one attached hydrogen (secondary N) is 3. The molecule has 158 valence electrons. The number of ether oxygens (including phenoxy) is 2. The molecule has 0 spiro atoms. The zero-order chi connectivity index (χ0) is 21.3. The molecule has 0 aromatic heterocycles. The third-order valence-electron chi connectivity index (χ3n) is 4.50. The van der Waals surface area contributed by atoms with Crippen LogP contribution in [0.25, 0.3) is 0 Å². The summed E-state index contributed by atoms with van der Waals surface area (Å²) in [6, 6.07) is 13.5. The highest BCUT2D eigenvalue weighted by Gasteiger charge is 2.28. The predicted molar refractivity (Wildman–Crippen MR) is 112 cm³/mol. The summed E-state index contributed by atoms with van der Waals surface area (Å²) < 4.78 is 10.6. The molecule has 2 aromatic rings. The van der Waals surface area contributed by atoms with Gasteiger partial charge in [-0.3, -0.25) is 14.4 Å². The number of anilines is 1. The van der Waals surface area contributed by atoms with Crippen molar-refractivity contribution >= 4 is 23.4 Å². The number of hydrogen-bond donors (Lipinski definition) is 3. The van der Waals surface area contributed by atoms with E-state index in [1.807, 2.05) is 0 Å². The molecule has 3 rings (SSSR count). The summed E-state index contributed by atoms with van der Waals surface area (Å²) in [5.74, 6) is 0.831. The summed E-state index contributed by atoms with van der Waals surface area (Å²) in [4.78, 5) is 35.7. The maximum atomic E-state index is 12.1. The van der Waals surface area contributed by atoms with Crippen molar-refractivity contribution in [3.05, 3.63) is 54.1 Å². The molecule has 0 bridgehead atoms. The average molecular weight is 411 g/mol. The summed E-state index contributed by atoms with van der Waals surface area (Å²) in [5, 5.41) is 8.26. The maximum absolute atomic E-state index is 12.1. The van der Waals surface area contributed by atoms with Crippen molar-refractivity contribution in [2.75, 3.05) is 32.1 Å². The van der Waals surface area contributed by atoms with E-state index in [1.165, 1.54) is 0 Å². The van der Waals surface area contributed by atoms with Crippen LogP contribution < -0.4 is 25.4 Å². The number of rotatable bonds is 10. The summed E-state index contributed by atoms with van der Waals surface area (Å²) in [6.45, 7) is 0.613. The van der Waals surface area contributed by atoms with Gasteiger partial charge in [0, 0.05) is 36.3 Å². The van der Waals surface area contributed by atoms with Gasteiger partial charge in [0.2, 0.25) is 5.91 Å². The van der Waals surface area contributed by atoms with E-state index in [0.29, 0.717) is 35.8 Å².